The molecule has 0 fully saturated rings. The van der Waals surface area contributed by atoms with Crippen LogP contribution in [-0.4, -0.2) is 58.5 Å². The summed E-state index contributed by atoms with van der Waals surface area (Å²) in [5, 5.41) is 12.2. The Kier molecular flexibility index (Phi) is 4.94. The molecule has 182 valence electrons. The molecule has 1 amide bonds. The minimum Gasteiger partial charge on any atom is -0.411 e. The fourth-order valence-electron chi connectivity index (χ4n) is 4.17. The van der Waals surface area contributed by atoms with Crippen molar-refractivity contribution in [3.63, 3.8) is 0 Å². The summed E-state index contributed by atoms with van der Waals surface area (Å²) in [7, 11) is 0. The molecule has 0 spiro atoms. The summed E-state index contributed by atoms with van der Waals surface area (Å²) >= 11 is 0. The zero-order valence-corrected chi connectivity index (χ0v) is 18.2. The van der Waals surface area contributed by atoms with Gasteiger partial charge in [0.2, 0.25) is 0 Å². The minimum atomic E-state index is -4.88. The van der Waals surface area contributed by atoms with E-state index in [-0.39, 0.29) is 23.8 Å². The number of hydrogen-bond donors (Lipinski definition) is 1. The maximum Gasteiger partial charge on any atom is 0.573 e. The molecule has 6 rings (SSSR count). The van der Waals surface area contributed by atoms with Gasteiger partial charge in [-0.05, 0) is 30.3 Å². The second-order valence-electron chi connectivity index (χ2n) is 7.86. The monoisotopic (exact) mass is 496 g/mol. The van der Waals surface area contributed by atoms with Crippen LogP contribution in [0.5, 0.6) is 5.75 Å². The lowest BCUT2D eigenvalue weighted by atomic mass is 9.99. The number of nitrogens with zero attached hydrogens (tertiary/aromatic N) is 7. The van der Waals surface area contributed by atoms with Crippen LogP contribution in [0.2, 0.25) is 0 Å². The lowest BCUT2D eigenvalue weighted by Crippen LogP contribution is -2.41. The molecule has 1 aliphatic rings. The predicted molar refractivity (Wildman–Crippen MR) is 115 cm³/mol. The summed E-state index contributed by atoms with van der Waals surface area (Å²) in [6, 6.07) is 8.32. The molecule has 1 N–H and O–H groups in total. The number of amides is 1. The summed E-state index contributed by atoms with van der Waals surface area (Å²) in [5.74, 6) is -1.18. The summed E-state index contributed by atoms with van der Waals surface area (Å²) < 4.78 is 49.8. The van der Waals surface area contributed by atoms with Crippen molar-refractivity contribution in [3.05, 3.63) is 78.1 Å². The molecular weight excluding hydrogens is 481 g/mol. The first-order valence-electron chi connectivity index (χ1n) is 10.7. The van der Waals surface area contributed by atoms with Crippen molar-refractivity contribution in [2.75, 3.05) is 6.54 Å². The number of nitrogens with one attached hydrogen (secondary N) is 1. The largest absolute Gasteiger partial charge is 0.573 e. The third kappa shape index (κ3) is 3.81. The highest BCUT2D eigenvalue weighted by molar-refractivity contribution is 5.90. The topological polar surface area (TPSA) is 127 Å². The van der Waals surface area contributed by atoms with Gasteiger partial charge < -0.3 is 19.0 Å². The standard InChI is InChI=1S/C22H15F3N8O3/c23-22(24,25)36-16-5-3-8-33-15(16)10-14(31-33)18-17-12(27-11-28-17)6-9-32(18)21(34)20-30-29-19(35-20)13-4-1-2-7-26-13/h1-5,7-8,10-11,18H,6,9H2,(H,27,28)/t18-/m0/s1. The quantitative estimate of drug-likeness (QED) is 0.402. The summed E-state index contributed by atoms with van der Waals surface area (Å²) in [6.45, 7) is 0.250. The second kappa shape index (κ2) is 8.18. The summed E-state index contributed by atoms with van der Waals surface area (Å²) in [5.41, 5.74) is 2.08. The zero-order chi connectivity index (χ0) is 24.9. The molecule has 1 aliphatic heterocycles. The lowest BCUT2D eigenvalue weighted by molar-refractivity contribution is -0.274. The van der Waals surface area contributed by atoms with Crippen molar-refractivity contribution >= 4 is 11.4 Å². The van der Waals surface area contributed by atoms with Crippen LogP contribution < -0.4 is 4.74 Å². The van der Waals surface area contributed by atoms with Gasteiger partial charge in [0.25, 0.3) is 5.89 Å². The molecule has 0 unspecified atom stereocenters. The fraction of sp³-hybridized carbons (Fsp3) is 0.182. The molecule has 1 atom stereocenters. The number of hydrogen-bond acceptors (Lipinski definition) is 8. The lowest BCUT2D eigenvalue weighted by Gasteiger charge is -2.32. The van der Waals surface area contributed by atoms with E-state index < -0.39 is 24.1 Å². The van der Waals surface area contributed by atoms with Crippen LogP contribution in [0.3, 0.4) is 0 Å². The number of H-pyrrole nitrogens is 1. The van der Waals surface area contributed by atoms with Crippen LogP contribution in [0.1, 0.15) is 33.8 Å². The maximum atomic E-state index is 13.5. The molecule has 6 heterocycles. The SMILES string of the molecule is O=C(c1nnc(-c2ccccn2)o1)N1CCc2[nH]cnc2[C@@H]1c1cc2c(OC(F)(F)F)cccn2n1. The molecule has 5 aromatic heterocycles. The number of aromatic nitrogens is 7. The summed E-state index contributed by atoms with van der Waals surface area (Å²) in [4.78, 5) is 26.5. The number of aromatic amines is 1. The van der Waals surface area contributed by atoms with Gasteiger partial charge in [-0.3, -0.25) is 9.78 Å². The Morgan fingerprint density at radius 3 is 2.86 bits per heavy atom. The van der Waals surface area contributed by atoms with E-state index in [1.165, 1.54) is 40.1 Å². The molecule has 11 nitrogen and oxygen atoms in total. The number of ether oxygens (including phenoxy) is 1. The Bertz CT molecular complexity index is 1560. The van der Waals surface area contributed by atoms with Crippen molar-refractivity contribution in [1.29, 1.82) is 0 Å². The highest BCUT2D eigenvalue weighted by Crippen LogP contribution is 2.36. The van der Waals surface area contributed by atoms with Gasteiger partial charge >= 0.3 is 18.2 Å². The Morgan fingerprint density at radius 2 is 2.06 bits per heavy atom. The van der Waals surface area contributed by atoms with Crippen LogP contribution >= 0.6 is 0 Å². The van der Waals surface area contributed by atoms with E-state index in [1.807, 2.05) is 0 Å². The smallest absolute Gasteiger partial charge is 0.411 e. The van der Waals surface area contributed by atoms with Crippen molar-refractivity contribution < 1.29 is 27.1 Å². The normalized spacial score (nSPS) is 15.8. The molecule has 0 radical (unpaired) electrons. The highest BCUT2D eigenvalue weighted by atomic mass is 19.4. The van der Waals surface area contributed by atoms with Crippen LogP contribution in [0.4, 0.5) is 13.2 Å². The van der Waals surface area contributed by atoms with Crippen molar-refractivity contribution in [2.24, 2.45) is 0 Å². The third-order valence-corrected chi connectivity index (χ3v) is 5.67. The average Bonchev–Trinajstić information content (AvgIpc) is 3.62. The van der Waals surface area contributed by atoms with E-state index in [0.717, 1.165) is 5.69 Å². The average molecular weight is 496 g/mol. The number of carbonyl (C=O) groups excluding carboxylic acids is 1. The number of rotatable bonds is 4. The first-order valence-corrected chi connectivity index (χ1v) is 10.7. The highest BCUT2D eigenvalue weighted by Gasteiger charge is 2.39. The van der Waals surface area contributed by atoms with E-state index >= 15 is 0 Å². The van der Waals surface area contributed by atoms with Crippen LogP contribution in [0.25, 0.3) is 17.1 Å². The molecule has 0 saturated heterocycles. The summed E-state index contributed by atoms with van der Waals surface area (Å²) in [6.07, 6.45) is 0.124. The Hall–Kier alpha value is -4.75. The van der Waals surface area contributed by atoms with Gasteiger partial charge in [0.1, 0.15) is 17.3 Å². The Morgan fingerprint density at radius 1 is 1.17 bits per heavy atom. The number of halogens is 3. The van der Waals surface area contributed by atoms with Gasteiger partial charge in [-0.1, -0.05) is 6.07 Å². The number of imidazole rings is 1. The van der Waals surface area contributed by atoms with E-state index in [9.17, 15) is 18.0 Å². The number of carbonyl (C=O) groups is 1. The fourth-order valence-corrected chi connectivity index (χ4v) is 4.17. The van der Waals surface area contributed by atoms with Crippen LogP contribution in [0, 0.1) is 0 Å². The molecule has 36 heavy (non-hydrogen) atoms. The van der Waals surface area contributed by atoms with E-state index in [1.54, 1.807) is 24.4 Å². The Labute approximate surface area is 199 Å². The third-order valence-electron chi connectivity index (χ3n) is 5.67. The number of pyridine rings is 2. The van der Waals surface area contributed by atoms with Gasteiger partial charge in [0.05, 0.1) is 17.7 Å². The van der Waals surface area contributed by atoms with E-state index in [4.69, 9.17) is 4.42 Å². The van der Waals surface area contributed by atoms with Crippen molar-refractivity contribution in [1.82, 2.24) is 39.7 Å². The Balaban J connectivity index is 1.40. The molecule has 0 bridgehead atoms. The van der Waals surface area contributed by atoms with Crippen LogP contribution in [-0.2, 0) is 6.42 Å². The molecule has 5 aromatic rings. The number of fused-ring (bicyclic) bond motifs is 2. The van der Waals surface area contributed by atoms with E-state index in [2.05, 4.69) is 35.0 Å². The van der Waals surface area contributed by atoms with Gasteiger partial charge in [-0.25, -0.2) is 9.50 Å². The first kappa shape index (κ1) is 21.8. The molecule has 0 aromatic carbocycles. The maximum absolute atomic E-state index is 13.5. The van der Waals surface area contributed by atoms with Gasteiger partial charge in [-0.15, -0.1) is 23.4 Å². The molecule has 0 saturated carbocycles. The first-order chi connectivity index (χ1) is 17.4. The zero-order valence-electron chi connectivity index (χ0n) is 18.2. The van der Waals surface area contributed by atoms with Gasteiger partial charge in [0.15, 0.2) is 5.75 Å². The van der Waals surface area contributed by atoms with Crippen LogP contribution in [0.15, 0.2) is 59.5 Å². The number of alkyl halides is 3. The van der Waals surface area contributed by atoms with Gasteiger partial charge in [0, 0.05) is 31.1 Å². The van der Waals surface area contributed by atoms with E-state index in [0.29, 0.717) is 23.5 Å². The second-order valence-corrected chi connectivity index (χ2v) is 7.86. The molecule has 14 heteroatoms. The molecule has 0 aliphatic carbocycles. The predicted octanol–water partition coefficient (Wildman–Crippen LogP) is 3.19. The molecular formula is C22H15F3N8O3. The van der Waals surface area contributed by atoms with Crippen molar-refractivity contribution in [3.8, 4) is 17.3 Å². The minimum absolute atomic E-state index is 0.0784. The van der Waals surface area contributed by atoms with Gasteiger partial charge in [-0.2, -0.15) is 5.10 Å². The van der Waals surface area contributed by atoms with Crippen molar-refractivity contribution in [2.45, 2.75) is 18.8 Å².